The van der Waals surface area contributed by atoms with Crippen LogP contribution in [0.3, 0.4) is 0 Å². The van der Waals surface area contributed by atoms with Gasteiger partial charge < -0.3 is 9.67 Å². The number of fused-ring (bicyclic) bond motifs is 3. The van der Waals surface area contributed by atoms with Crippen molar-refractivity contribution in [3.63, 3.8) is 0 Å². The number of aliphatic hydroxyl groups excluding tert-OH is 1. The van der Waals surface area contributed by atoms with Crippen LogP contribution in [0.2, 0.25) is 0 Å². The number of hydrogen-bond acceptors (Lipinski definition) is 1. The van der Waals surface area contributed by atoms with Crippen LogP contribution in [0.1, 0.15) is 5.56 Å². The SMILES string of the molecule is Cc1cccc2c1c1ccccc1n2CCO. The zero-order valence-electron chi connectivity index (χ0n) is 9.85. The minimum absolute atomic E-state index is 0.168. The summed E-state index contributed by atoms with van der Waals surface area (Å²) in [6.07, 6.45) is 0. The second-order valence-electron chi connectivity index (χ2n) is 4.36. The van der Waals surface area contributed by atoms with Crippen LogP contribution >= 0.6 is 0 Å². The highest BCUT2D eigenvalue weighted by atomic mass is 16.3. The van der Waals surface area contributed by atoms with Crippen LogP contribution in [0, 0.1) is 6.92 Å². The van der Waals surface area contributed by atoms with E-state index in [2.05, 4.69) is 47.9 Å². The summed E-state index contributed by atoms with van der Waals surface area (Å²) in [5.41, 5.74) is 3.70. The van der Waals surface area contributed by atoms with E-state index in [1.807, 2.05) is 6.07 Å². The lowest BCUT2D eigenvalue weighted by atomic mass is 10.1. The first-order valence-electron chi connectivity index (χ1n) is 5.90. The van der Waals surface area contributed by atoms with Gasteiger partial charge in [0.1, 0.15) is 0 Å². The lowest BCUT2D eigenvalue weighted by Gasteiger charge is -2.04. The van der Waals surface area contributed by atoms with E-state index in [1.54, 1.807) is 0 Å². The third-order valence-corrected chi connectivity index (χ3v) is 3.33. The van der Waals surface area contributed by atoms with E-state index in [0.717, 1.165) is 0 Å². The van der Waals surface area contributed by atoms with E-state index in [1.165, 1.54) is 27.4 Å². The summed E-state index contributed by atoms with van der Waals surface area (Å²) in [7, 11) is 0. The molecular formula is C15H15NO. The van der Waals surface area contributed by atoms with Gasteiger partial charge in [-0.15, -0.1) is 0 Å². The van der Waals surface area contributed by atoms with E-state index in [0.29, 0.717) is 6.54 Å². The lowest BCUT2D eigenvalue weighted by Crippen LogP contribution is -2.01. The van der Waals surface area contributed by atoms with Crippen LogP contribution in [0.25, 0.3) is 21.8 Å². The first-order valence-corrected chi connectivity index (χ1v) is 5.90. The molecule has 0 aliphatic rings. The molecule has 2 aromatic carbocycles. The number of benzene rings is 2. The zero-order valence-corrected chi connectivity index (χ0v) is 9.85. The van der Waals surface area contributed by atoms with Gasteiger partial charge in [-0.3, -0.25) is 0 Å². The number of para-hydroxylation sites is 1. The highest BCUT2D eigenvalue weighted by Crippen LogP contribution is 2.30. The van der Waals surface area contributed by atoms with Crippen LogP contribution in [0.4, 0.5) is 0 Å². The minimum Gasteiger partial charge on any atom is -0.395 e. The zero-order chi connectivity index (χ0) is 11.8. The van der Waals surface area contributed by atoms with Gasteiger partial charge >= 0.3 is 0 Å². The van der Waals surface area contributed by atoms with Crippen molar-refractivity contribution in [2.45, 2.75) is 13.5 Å². The summed E-state index contributed by atoms with van der Waals surface area (Å²) in [5.74, 6) is 0. The van der Waals surface area contributed by atoms with Gasteiger partial charge in [0.05, 0.1) is 6.61 Å². The van der Waals surface area contributed by atoms with Crippen molar-refractivity contribution in [2.24, 2.45) is 0 Å². The molecule has 0 saturated carbocycles. The fourth-order valence-corrected chi connectivity index (χ4v) is 2.62. The van der Waals surface area contributed by atoms with Gasteiger partial charge in [0.15, 0.2) is 0 Å². The normalized spacial score (nSPS) is 11.4. The van der Waals surface area contributed by atoms with E-state index < -0.39 is 0 Å². The molecule has 2 heteroatoms. The average molecular weight is 225 g/mol. The largest absolute Gasteiger partial charge is 0.395 e. The Bertz CT molecular complexity index is 682. The van der Waals surface area contributed by atoms with Crippen molar-refractivity contribution in [2.75, 3.05) is 6.61 Å². The van der Waals surface area contributed by atoms with Crippen LogP contribution < -0.4 is 0 Å². The Balaban J connectivity index is 2.53. The molecule has 1 heterocycles. The van der Waals surface area contributed by atoms with E-state index in [-0.39, 0.29) is 6.61 Å². The standard InChI is InChI=1S/C15H15NO/c1-11-5-4-8-14-15(11)12-6-2-3-7-13(12)16(14)9-10-17/h2-8,17H,9-10H2,1H3. The summed E-state index contributed by atoms with van der Waals surface area (Å²) in [6, 6.07) is 14.7. The molecule has 3 rings (SSSR count). The molecule has 1 aromatic heterocycles. The smallest absolute Gasteiger partial charge is 0.0610 e. The Morgan fingerprint density at radius 3 is 2.59 bits per heavy atom. The fourth-order valence-electron chi connectivity index (χ4n) is 2.62. The lowest BCUT2D eigenvalue weighted by molar-refractivity contribution is 0.280. The summed E-state index contributed by atoms with van der Waals surface area (Å²) in [6.45, 7) is 2.95. The second kappa shape index (κ2) is 3.90. The number of rotatable bonds is 2. The molecule has 1 N–H and O–H groups in total. The topological polar surface area (TPSA) is 25.2 Å². The highest BCUT2D eigenvalue weighted by molar-refractivity contribution is 6.09. The summed E-state index contributed by atoms with van der Waals surface area (Å²) < 4.78 is 2.19. The summed E-state index contributed by atoms with van der Waals surface area (Å²) >= 11 is 0. The van der Waals surface area contributed by atoms with Crippen molar-refractivity contribution in [3.05, 3.63) is 48.0 Å². The van der Waals surface area contributed by atoms with Crippen molar-refractivity contribution in [3.8, 4) is 0 Å². The van der Waals surface area contributed by atoms with Gasteiger partial charge in [-0.25, -0.2) is 0 Å². The van der Waals surface area contributed by atoms with Crippen LogP contribution in [-0.2, 0) is 6.54 Å². The molecule has 0 radical (unpaired) electrons. The number of aromatic nitrogens is 1. The molecule has 2 nitrogen and oxygen atoms in total. The molecule has 0 aliphatic carbocycles. The molecule has 0 saturated heterocycles. The van der Waals surface area contributed by atoms with E-state index >= 15 is 0 Å². The number of hydrogen-bond donors (Lipinski definition) is 1. The predicted octanol–water partition coefficient (Wildman–Crippen LogP) is 3.10. The number of aryl methyl sites for hydroxylation is 1. The van der Waals surface area contributed by atoms with E-state index in [4.69, 9.17) is 0 Å². The van der Waals surface area contributed by atoms with Crippen molar-refractivity contribution in [1.29, 1.82) is 0 Å². The Hall–Kier alpha value is -1.80. The van der Waals surface area contributed by atoms with Crippen molar-refractivity contribution < 1.29 is 5.11 Å². The first-order chi connectivity index (χ1) is 8.33. The highest BCUT2D eigenvalue weighted by Gasteiger charge is 2.10. The van der Waals surface area contributed by atoms with Gasteiger partial charge in [-0.2, -0.15) is 0 Å². The fraction of sp³-hybridized carbons (Fsp3) is 0.200. The van der Waals surface area contributed by atoms with Crippen LogP contribution in [-0.4, -0.2) is 16.3 Å². The van der Waals surface area contributed by atoms with Crippen molar-refractivity contribution in [1.82, 2.24) is 4.57 Å². The van der Waals surface area contributed by atoms with Crippen LogP contribution in [0.15, 0.2) is 42.5 Å². The average Bonchev–Trinajstić information content (AvgIpc) is 2.66. The summed E-state index contributed by atoms with van der Waals surface area (Å²) in [4.78, 5) is 0. The molecule has 0 aliphatic heterocycles. The first kappa shape index (κ1) is 10.4. The maximum atomic E-state index is 9.21. The molecule has 0 spiro atoms. The quantitative estimate of drug-likeness (QED) is 0.712. The molecule has 0 atom stereocenters. The van der Waals surface area contributed by atoms with Crippen molar-refractivity contribution >= 4 is 21.8 Å². The molecule has 0 fully saturated rings. The maximum absolute atomic E-state index is 9.21. The molecule has 0 unspecified atom stereocenters. The summed E-state index contributed by atoms with van der Waals surface area (Å²) in [5, 5.41) is 11.8. The Morgan fingerprint density at radius 1 is 1.00 bits per heavy atom. The molecule has 3 aromatic rings. The second-order valence-corrected chi connectivity index (χ2v) is 4.36. The van der Waals surface area contributed by atoms with Gasteiger partial charge in [0, 0.05) is 28.4 Å². The molecule has 0 amide bonds. The maximum Gasteiger partial charge on any atom is 0.0610 e. The number of nitrogens with zero attached hydrogens (tertiary/aromatic N) is 1. The van der Waals surface area contributed by atoms with Gasteiger partial charge in [-0.1, -0.05) is 30.3 Å². The third kappa shape index (κ3) is 1.45. The Kier molecular flexibility index (Phi) is 2.37. The number of aliphatic hydroxyl groups is 1. The van der Waals surface area contributed by atoms with E-state index in [9.17, 15) is 5.11 Å². The molecular weight excluding hydrogens is 210 g/mol. The Morgan fingerprint density at radius 2 is 1.76 bits per heavy atom. The van der Waals surface area contributed by atoms with Crippen LogP contribution in [0.5, 0.6) is 0 Å². The van der Waals surface area contributed by atoms with Gasteiger partial charge in [-0.05, 0) is 24.6 Å². The minimum atomic E-state index is 0.168. The molecule has 86 valence electrons. The molecule has 17 heavy (non-hydrogen) atoms. The van der Waals surface area contributed by atoms with Gasteiger partial charge in [0.25, 0.3) is 0 Å². The Labute approximate surface area is 100 Å². The third-order valence-electron chi connectivity index (χ3n) is 3.33. The monoisotopic (exact) mass is 225 g/mol. The predicted molar refractivity (Wildman–Crippen MR) is 71.3 cm³/mol. The molecule has 0 bridgehead atoms. The van der Waals surface area contributed by atoms with Gasteiger partial charge in [0.2, 0.25) is 0 Å².